The zero-order chi connectivity index (χ0) is 24.3. The average molecular weight is 469 g/mol. The molecule has 1 amide bonds. The summed E-state index contributed by atoms with van der Waals surface area (Å²) in [6.07, 6.45) is -2.89. The van der Waals surface area contributed by atoms with E-state index in [9.17, 15) is 18.0 Å². The zero-order valence-corrected chi connectivity index (χ0v) is 18.5. The first-order valence-corrected chi connectivity index (χ1v) is 10.5. The van der Waals surface area contributed by atoms with Crippen LogP contribution in [0.25, 0.3) is 11.6 Å². The number of para-hydroxylation sites is 1. The Kier molecular flexibility index (Phi) is 6.49. The number of fused-ring (bicyclic) bond motifs is 1. The van der Waals surface area contributed by atoms with E-state index in [-0.39, 0.29) is 11.3 Å². The van der Waals surface area contributed by atoms with Gasteiger partial charge >= 0.3 is 6.18 Å². The molecule has 0 saturated carbocycles. The van der Waals surface area contributed by atoms with Gasteiger partial charge in [-0.25, -0.2) is 0 Å². The lowest BCUT2D eigenvalue weighted by Gasteiger charge is -2.13. The highest BCUT2D eigenvalue weighted by molar-refractivity contribution is 6.34. The smallest absolute Gasteiger partial charge is 0.416 e. The Labute approximate surface area is 194 Å². The minimum absolute atomic E-state index is 0.131. The summed E-state index contributed by atoms with van der Waals surface area (Å²) in [4.78, 5) is 12.4. The molecule has 0 atom stereocenters. The van der Waals surface area contributed by atoms with E-state index < -0.39 is 17.6 Å². The molecule has 0 spiro atoms. The summed E-state index contributed by atoms with van der Waals surface area (Å²) in [7, 11) is 1.50. The lowest BCUT2D eigenvalue weighted by Crippen LogP contribution is -2.10. The fourth-order valence-corrected chi connectivity index (χ4v) is 3.60. The molecule has 0 radical (unpaired) electrons. The lowest BCUT2D eigenvalue weighted by molar-refractivity contribution is -0.137. The van der Waals surface area contributed by atoms with Crippen LogP contribution in [-0.2, 0) is 11.0 Å². The largest absolute Gasteiger partial charge is 0.493 e. The Bertz CT molecular complexity index is 1250. The van der Waals surface area contributed by atoms with Gasteiger partial charge < -0.3 is 19.5 Å². The van der Waals surface area contributed by atoms with Crippen LogP contribution in [0.1, 0.15) is 22.3 Å². The highest BCUT2D eigenvalue weighted by Crippen LogP contribution is 2.39. The van der Waals surface area contributed by atoms with Gasteiger partial charge in [-0.15, -0.1) is 0 Å². The van der Waals surface area contributed by atoms with E-state index in [4.69, 9.17) is 14.2 Å². The third kappa shape index (κ3) is 5.01. The minimum atomic E-state index is -4.49. The fraction of sp³-hybridized carbons (Fsp3) is 0.192. The van der Waals surface area contributed by atoms with Gasteiger partial charge in [-0.05, 0) is 54.5 Å². The number of anilines is 1. The van der Waals surface area contributed by atoms with Crippen molar-refractivity contribution in [2.24, 2.45) is 0 Å². The molecule has 1 aliphatic heterocycles. The molecule has 0 aliphatic carbocycles. The van der Waals surface area contributed by atoms with Crippen LogP contribution in [-0.4, -0.2) is 26.2 Å². The van der Waals surface area contributed by atoms with Crippen molar-refractivity contribution in [3.8, 4) is 17.2 Å². The topological polar surface area (TPSA) is 56.8 Å². The lowest BCUT2D eigenvalue weighted by atomic mass is 10.0. The van der Waals surface area contributed by atoms with Crippen molar-refractivity contribution in [3.63, 3.8) is 0 Å². The number of alkyl halides is 3. The maximum absolute atomic E-state index is 13.0. The Morgan fingerprint density at radius 1 is 0.912 bits per heavy atom. The number of methoxy groups -OCH3 is 1. The molecule has 0 bridgehead atoms. The number of nitrogens with one attached hydrogen (secondary N) is 1. The summed E-state index contributed by atoms with van der Waals surface area (Å²) in [6, 6.07) is 16.0. The molecule has 0 aromatic heterocycles. The van der Waals surface area contributed by atoms with E-state index in [0.717, 1.165) is 23.4 Å². The van der Waals surface area contributed by atoms with Gasteiger partial charge in [0.2, 0.25) is 0 Å². The maximum atomic E-state index is 13.0. The van der Waals surface area contributed by atoms with Gasteiger partial charge in [0, 0.05) is 16.8 Å². The average Bonchev–Trinajstić information content (AvgIpc) is 3.12. The van der Waals surface area contributed by atoms with Gasteiger partial charge in [-0.1, -0.05) is 30.3 Å². The molecule has 1 N–H and O–H groups in total. The first-order valence-electron chi connectivity index (χ1n) is 10.5. The molecule has 8 heteroatoms. The quantitative estimate of drug-likeness (QED) is 0.342. The van der Waals surface area contributed by atoms with Crippen molar-refractivity contribution < 1.29 is 32.2 Å². The fourth-order valence-electron chi connectivity index (χ4n) is 3.60. The number of rotatable bonds is 7. The molecule has 0 fully saturated rings. The monoisotopic (exact) mass is 469 g/mol. The third-order valence-electron chi connectivity index (χ3n) is 5.32. The Morgan fingerprint density at radius 2 is 1.65 bits per heavy atom. The van der Waals surface area contributed by atoms with Crippen LogP contribution in [0.2, 0.25) is 0 Å². The number of halogens is 3. The minimum Gasteiger partial charge on any atom is -0.493 e. The Balaban J connectivity index is 1.48. The van der Waals surface area contributed by atoms with Crippen LogP contribution < -0.4 is 19.5 Å². The maximum Gasteiger partial charge on any atom is 0.416 e. The van der Waals surface area contributed by atoms with Crippen molar-refractivity contribution in [2.45, 2.75) is 13.1 Å². The van der Waals surface area contributed by atoms with Crippen molar-refractivity contribution in [2.75, 3.05) is 25.6 Å². The molecule has 0 unspecified atom stereocenters. The molecule has 5 nitrogen and oxygen atoms in total. The predicted molar refractivity (Wildman–Crippen MR) is 123 cm³/mol. The molecule has 0 saturated heterocycles. The summed E-state index contributed by atoms with van der Waals surface area (Å²) in [5.41, 5.74) is 1.66. The zero-order valence-electron chi connectivity index (χ0n) is 18.5. The molecule has 3 aromatic rings. The first-order chi connectivity index (χ1) is 16.3. The number of aryl methyl sites for hydroxylation is 1. The van der Waals surface area contributed by atoms with Gasteiger partial charge in [0.25, 0.3) is 5.91 Å². The van der Waals surface area contributed by atoms with Gasteiger partial charge in [0.15, 0.2) is 11.5 Å². The van der Waals surface area contributed by atoms with Crippen LogP contribution >= 0.6 is 0 Å². The van der Waals surface area contributed by atoms with E-state index >= 15 is 0 Å². The van der Waals surface area contributed by atoms with E-state index in [1.807, 2.05) is 31.2 Å². The second kappa shape index (κ2) is 9.51. The van der Waals surface area contributed by atoms with Gasteiger partial charge in [0.05, 0.1) is 12.7 Å². The number of hydrogen-bond donors (Lipinski definition) is 1. The SMILES string of the molecule is COc1cc(/C=C2/C(=O)Nc3cc(C(F)(F)F)ccc32)ccc1OCCOc1ccccc1C. The number of benzene rings is 3. The van der Waals surface area contributed by atoms with Crippen LogP contribution in [0.5, 0.6) is 17.2 Å². The highest BCUT2D eigenvalue weighted by Gasteiger charge is 2.33. The highest BCUT2D eigenvalue weighted by atomic mass is 19.4. The summed E-state index contributed by atoms with van der Waals surface area (Å²) in [5, 5.41) is 2.49. The van der Waals surface area contributed by atoms with Crippen LogP contribution in [0, 0.1) is 6.92 Å². The van der Waals surface area contributed by atoms with E-state index in [1.165, 1.54) is 13.2 Å². The predicted octanol–water partition coefficient (Wildman–Crippen LogP) is 5.97. The molecule has 1 aliphatic rings. The first kappa shape index (κ1) is 23.2. The summed E-state index contributed by atoms with van der Waals surface area (Å²) in [5.74, 6) is 1.28. The Hall–Kier alpha value is -3.94. The number of carbonyl (C=O) groups excluding carboxylic acids is 1. The van der Waals surface area contributed by atoms with Crippen molar-refractivity contribution >= 4 is 23.2 Å². The summed E-state index contributed by atoms with van der Waals surface area (Å²) in [6.45, 7) is 2.60. The number of amides is 1. The molecule has 176 valence electrons. The number of ether oxygens (including phenoxy) is 3. The van der Waals surface area contributed by atoms with Gasteiger partial charge in [0.1, 0.15) is 19.0 Å². The molecular weight excluding hydrogens is 447 g/mol. The van der Waals surface area contributed by atoms with E-state index in [1.54, 1.807) is 24.3 Å². The third-order valence-corrected chi connectivity index (χ3v) is 5.32. The van der Waals surface area contributed by atoms with Gasteiger partial charge in [-0.3, -0.25) is 4.79 Å². The van der Waals surface area contributed by atoms with Crippen molar-refractivity contribution in [1.29, 1.82) is 0 Å². The second-order valence-electron chi connectivity index (χ2n) is 7.64. The summed E-state index contributed by atoms with van der Waals surface area (Å²) < 4.78 is 55.8. The molecule has 34 heavy (non-hydrogen) atoms. The van der Waals surface area contributed by atoms with E-state index in [0.29, 0.717) is 35.8 Å². The van der Waals surface area contributed by atoms with Crippen molar-refractivity contribution in [1.82, 2.24) is 0 Å². The van der Waals surface area contributed by atoms with Gasteiger partial charge in [-0.2, -0.15) is 13.2 Å². The summed E-state index contributed by atoms with van der Waals surface area (Å²) >= 11 is 0. The normalized spacial score (nSPS) is 14.0. The van der Waals surface area contributed by atoms with Crippen LogP contribution in [0.15, 0.2) is 60.7 Å². The second-order valence-corrected chi connectivity index (χ2v) is 7.64. The molecule has 4 rings (SSSR count). The van der Waals surface area contributed by atoms with Crippen molar-refractivity contribution in [3.05, 3.63) is 82.9 Å². The number of hydrogen-bond acceptors (Lipinski definition) is 4. The van der Waals surface area contributed by atoms with E-state index in [2.05, 4.69) is 5.32 Å². The number of carbonyl (C=O) groups is 1. The molecule has 3 aromatic carbocycles. The van der Waals surface area contributed by atoms with Crippen LogP contribution in [0.3, 0.4) is 0 Å². The standard InChI is InChI=1S/C26H22F3NO4/c1-16-5-3-4-6-22(16)33-11-12-34-23-10-7-17(14-24(23)32-2)13-20-19-9-8-18(26(27,28)29)15-21(19)30-25(20)31/h3-10,13-15H,11-12H2,1-2H3,(H,30,31)/b20-13+. The Morgan fingerprint density at radius 3 is 2.35 bits per heavy atom. The molecular formula is C26H22F3NO4. The molecule has 1 heterocycles. The van der Waals surface area contributed by atoms with Crippen LogP contribution in [0.4, 0.5) is 18.9 Å².